The summed E-state index contributed by atoms with van der Waals surface area (Å²) >= 11 is 4.31. The van der Waals surface area contributed by atoms with Crippen LogP contribution in [0.5, 0.6) is 0 Å². The van der Waals surface area contributed by atoms with E-state index in [1.54, 1.807) is 0 Å². The molecule has 0 aliphatic rings. The zero-order chi connectivity index (χ0) is 22.5. The van der Waals surface area contributed by atoms with Gasteiger partial charge in [0.2, 0.25) is 0 Å². The fourth-order valence-electron chi connectivity index (χ4n) is 1.29. The van der Waals surface area contributed by atoms with Crippen LogP contribution in [0.3, 0.4) is 0 Å². The summed E-state index contributed by atoms with van der Waals surface area (Å²) in [5, 5.41) is -1.63. The van der Waals surface area contributed by atoms with E-state index in [2.05, 4.69) is 11.6 Å². The maximum absolute atomic E-state index is 13.1. The van der Waals surface area contributed by atoms with Crippen LogP contribution in [-0.2, 0) is 0 Å². The minimum Gasteiger partial charge on any atom is -0.336 e. The number of nitrogens with one attached hydrogen (secondary N) is 1. The standard InChI is InChI=1S/C9H3ClF15NO/c10-2(27)26-1-3(11,12)4(13,14)5(15,16)6(17,18)7(19,20)8(21,22)9(23,24)25/h1H2,(H,26,27). The number of alkyl halides is 15. The molecule has 0 bridgehead atoms. The van der Waals surface area contributed by atoms with Crippen molar-refractivity contribution in [3.05, 3.63) is 0 Å². The summed E-state index contributed by atoms with van der Waals surface area (Å²) in [6, 6.07) is 0. The molecule has 0 rings (SSSR count). The predicted octanol–water partition coefficient (Wildman–Crippen LogP) is 5.31. The van der Waals surface area contributed by atoms with Gasteiger partial charge in [-0.25, -0.2) is 0 Å². The smallest absolute Gasteiger partial charge is 0.336 e. The molecule has 18 heteroatoms. The Labute approximate surface area is 142 Å². The molecule has 0 spiro atoms. The molecule has 27 heavy (non-hydrogen) atoms. The Balaban J connectivity index is 6.34. The SMILES string of the molecule is O=C(Cl)NCC(F)(F)C(F)(F)C(F)(F)C(F)(F)C(F)(F)C(F)(F)C(F)(F)F. The van der Waals surface area contributed by atoms with E-state index in [0.29, 0.717) is 5.32 Å². The Hall–Kier alpha value is -1.29. The quantitative estimate of drug-likeness (QED) is 0.311. The average molecular weight is 462 g/mol. The van der Waals surface area contributed by atoms with Crippen molar-refractivity contribution in [2.45, 2.75) is 41.7 Å². The van der Waals surface area contributed by atoms with Gasteiger partial charge in [0.25, 0.3) is 0 Å². The summed E-state index contributed by atoms with van der Waals surface area (Å²) in [5.41, 5.74) is 0. The number of hydrogen-bond acceptors (Lipinski definition) is 1. The molecule has 0 saturated carbocycles. The highest BCUT2D eigenvalue weighted by molar-refractivity contribution is 6.62. The molecule has 1 N–H and O–H groups in total. The highest BCUT2D eigenvalue weighted by Crippen LogP contribution is 2.62. The molecule has 0 aromatic rings. The van der Waals surface area contributed by atoms with Crippen molar-refractivity contribution < 1.29 is 70.7 Å². The molecule has 0 aromatic heterocycles. The average Bonchev–Trinajstić information content (AvgIpc) is 2.42. The number of carbonyl (C=O) groups is 1. The lowest BCUT2D eigenvalue weighted by Gasteiger charge is -2.41. The van der Waals surface area contributed by atoms with E-state index in [4.69, 9.17) is 0 Å². The molecule has 1 amide bonds. The van der Waals surface area contributed by atoms with Crippen molar-refractivity contribution in [1.29, 1.82) is 0 Å². The van der Waals surface area contributed by atoms with Gasteiger partial charge >= 0.3 is 47.1 Å². The Morgan fingerprint density at radius 2 is 0.889 bits per heavy atom. The van der Waals surface area contributed by atoms with Crippen LogP contribution in [-0.4, -0.2) is 53.6 Å². The van der Waals surface area contributed by atoms with Gasteiger partial charge < -0.3 is 5.32 Å². The minimum atomic E-state index is -8.35. The Bertz CT molecular complexity index is 568. The molecule has 0 saturated heterocycles. The molecule has 0 aromatic carbocycles. The van der Waals surface area contributed by atoms with E-state index in [0.717, 1.165) is 0 Å². The molecular formula is C9H3ClF15NO. The van der Waals surface area contributed by atoms with Crippen LogP contribution in [0.2, 0.25) is 0 Å². The van der Waals surface area contributed by atoms with Crippen LogP contribution in [0, 0.1) is 0 Å². The first-order valence-corrected chi connectivity index (χ1v) is 6.06. The van der Waals surface area contributed by atoms with Crippen LogP contribution < -0.4 is 5.32 Å². The second-order valence-electron chi connectivity index (χ2n) is 4.70. The van der Waals surface area contributed by atoms with Gasteiger partial charge in [-0.3, -0.25) is 4.79 Å². The summed E-state index contributed by atoms with van der Waals surface area (Å²) < 4.78 is 190. The second kappa shape index (κ2) is 6.65. The van der Waals surface area contributed by atoms with Crippen molar-refractivity contribution in [2.75, 3.05) is 6.54 Å². The van der Waals surface area contributed by atoms with Gasteiger partial charge in [-0.15, -0.1) is 0 Å². The third-order valence-electron chi connectivity index (χ3n) is 2.84. The first kappa shape index (κ1) is 25.7. The number of rotatable bonds is 7. The van der Waals surface area contributed by atoms with Crippen LogP contribution in [0.4, 0.5) is 70.7 Å². The monoisotopic (exact) mass is 461 g/mol. The van der Waals surface area contributed by atoms with Crippen molar-refractivity contribution in [3.63, 3.8) is 0 Å². The van der Waals surface area contributed by atoms with Crippen LogP contribution >= 0.6 is 11.6 Å². The van der Waals surface area contributed by atoms with Crippen LogP contribution in [0.1, 0.15) is 0 Å². The minimum absolute atomic E-state index is 0.511. The van der Waals surface area contributed by atoms with E-state index in [9.17, 15) is 70.7 Å². The Morgan fingerprint density at radius 3 is 1.19 bits per heavy atom. The normalized spacial score (nSPS) is 15.7. The summed E-state index contributed by atoms with van der Waals surface area (Å²) in [5.74, 6) is -47.0. The van der Waals surface area contributed by atoms with E-state index in [1.165, 1.54) is 0 Å². The van der Waals surface area contributed by atoms with Gasteiger partial charge in [-0.2, -0.15) is 65.9 Å². The summed E-state index contributed by atoms with van der Waals surface area (Å²) in [4.78, 5) is 10.1. The number of hydrogen-bond donors (Lipinski definition) is 1. The lowest BCUT2D eigenvalue weighted by Crippen LogP contribution is -2.73. The molecule has 2 nitrogen and oxygen atoms in total. The zero-order valence-electron chi connectivity index (χ0n) is 11.7. The van der Waals surface area contributed by atoms with Gasteiger partial charge in [0.05, 0.1) is 6.54 Å². The third kappa shape index (κ3) is 3.70. The molecule has 0 fully saturated rings. The lowest BCUT2D eigenvalue weighted by atomic mass is 9.91. The van der Waals surface area contributed by atoms with Crippen LogP contribution in [0.15, 0.2) is 0 Å². The lowest BCUT2D eigenvalue weighted by molar-refractivity contribution is -0.451. The van der Waals surface area contributed by atoms with Gasteiger partial charge in [0.1, 0.15) is 0 Å². The fraction of sp³-hybridized carbons (Fsp3) is 0.889. The summed E-state index contributed by atoms with van der Waals surface area (Å²) in [6.45, 7) is -2.99. The van der Waals surface area contributed by atoms with E-state index < -0.39 is 53.6 Å². The molecule has 0 aliphatic heterocycles. The van der Waals surface area contributed by atoms with Gasteiger partial charge in [0, 0.05) is 0 Å². The predicted molar refractivity (Wildman–Crippen MR) is 55.0 cm³/mol. The molecular weight excluding hydrogens is 459 g/mol. The molecule has 0 radical (unpaired) electrons. The third-order valence-corrected chi connectivity index (χ3v) is 2.98. The number of carbonyl (C=O) groups excluding carboxylic acids is 1. The molecule has 162 valence electrons. The molecule has 0 atom stereocenters. The Morgan fingerprint density at radius 1 is 0.593 bits per heavy atom. The van der Waals surface area contributed by atoms with E-state index in [-0.39, 0.29) is 0 Å². The van der Waals surface area contributed by atoms with Gasteiger partial charge in [-0.1, -0.05) is 0 Å². The van der Waals surface area contributed by atoms with Crippen molar-refractivity contribution in [1.82, 2.24) is 5.32 Å². The van der Waals surface area contributed by atoms with Crippen molar-refractivity contribution in [2.24, 2.45) is 0 Å². The highest BCUT2D eigenvalue weighted by Gasteiger charge is 2.93. The first-order chi connectivity index (χ1) is 11.4. The molecule has 0 heterocycles. The number of amides is 1. The fourth-order valence-corrected chi connectivity index (χ4v) is 1.36. The van der Waals surface area contributed by atoms with E-state index in [1.807, 2.05) is 0 Å². The second-order valence-corrected chi connectivity index (χ2v) is 5.04. The summed E-state index contributed by atoms with van der Waals surface area (Å²) in [6.07, 6.45) is -7.65. The largest absolute Gasteiger partial charge is 0.460 e. The topological polar surface area (TPSA) is 29.1 Å². The molecule has 0 unspecified atom stereocenters. The van der Waals surface area contributed by atoms with Crippen LogP contribution in [0.25, 0.3) is 0 Å². The summed E-state index contributed by atoms with van der Waals surface area (Å²) in [7, 11) is 0. The van der Waals surface area contributed by atoms with Crippen molar-refractivity contribution >= 4 is 17.0 Å². The zero-order valence-corrected chi connectivity index (χ0v) is 12.4. The Kier molecular flexibility index (Phi) is 6.33. The maximum Gasteiger partial charge on any atom is 0.460 e. The van der Waals surface area contributed by atoms with Gasteiger partial charge in [0.15, 0.2) is 0 Å². The molecule has 0 aliphatic carbocycles. The van der Waals surface area contributed by atoms with E-state index >= 15 is 0 Å². The number of halogens is 16. The first-order valence-electron chi connectivity index (χ1n) is 5.68. The maximum atomic E-state index is 13.1. The van der Waals surface area contributed by atoms with Crippen molar-refractivity contribution in [3.8, 4) is 0 Å². The highest BCUT2D eigenvalue weighted by atomic mass is 35.5. The van der Waals surface area contributed by atoms with Gasteiger partial charge in [-0.05, 0) is 11.6 Å².